The van der Waals surface area contributed by atoms with Crippen molar-refractivity contribution in [2.24, 2.45) is 5.92 Å². The van der Waals surface area contributed by atoms with Gasteiger partial charge in [0.2, 0.25) is 0 Å². The highest BCUT2D eigenvalue weighted by atomic mass is 16.5. The quantitative estimate of drug-likeness (QED) is 0.793. The summed E-state index contributed by atoms with van der Waals surface area (Å²) in [5.74, 6) is 2.14. The molecule has 2 aliphatic carbocycles. The molecular weight excluding hydrogens is 350 g/mol. The Morgan fingerprint density at radius 3 is 2.68 bits per heavy atom. The molecule has 2 heterocycles. The lowest BCUT2D eigenvalue weighted by atomic mass is 9.53. The van der Waals surface area contributed by atoms with Crippen LogP contribution in [0.1, 0.15) is 57.6 Å². The molecule has 154 valence electrons. The summed E-state index contributed by atoms with van der Waals surface area (Å²) in [6, 6.07) is 4.75. The van der Waals surface area contributed by atoms with Crippen LogP contribution in [0.5, 0.6) is 11.5 Å². The van der Waals surface area contributed by atoms with Gasteiger partial charge in [-0.15, -0.1) is 0 Å². The van der Waals surface area contributed by atoms with Gasteiger partial charge < -0.3 is 19.5 Å². The third kappa shape index (κ3) is 2.80. The van der Waals surface area contributed by atoms with E-state index in [1.165, 1.54) is 30.4 Å². The van der Waals surface area contributed by atoms with E-state index >= 15 is 0 Å². The topological polar surface area (TPSA) is 41.9 Å². The highest BCUT2D eigenvalue weighted by Gasteiger charge is 2.64. The number of benzene rings is 1. The van der Waals surface area contributed by atoms with Crippen LogP contribution in [-0.4, -0.2) is 48.5 Å². The minimum absolute atomic E-state index is 0.0820. The zero-order valence-electron chi connectivity index (χ0n) is 17.8. The third-order valence-corrected chi connectivity index (χ3v) is 7.14. The van der Waals surface area contributed by atoms with Gasteiger partial charge in [-0.2, -0.15) is 0 Å². The molecule has 0 unspecified atom stereocenters. The van der Waals surface area contributed by atoms with Crippen molar-refractivity contribution >= 4 is 0 Å². The Kier molecular flexibility index (Phi) is 5.45. The maximum atomic E-state index is 10.6. The molecular formula is C24H35NO3. The molecule has 4 heteroatoms. The van der Waals surface area contributed by atoms with Crippen LogP contribution in [0.4, 0.5) is 0 Å². The molecule has 5 atom stereocenters. The summed E-state index contributed by atoms with van der Waals surface area (Å²) in [5.41, 5.74) is 2.62. The van der Waals surface area contributed by atoms with E-state index in [2.05, 4.69) is 37.9 Å². The van der Waals surface area contributed by atoms with Crippen molar-refractivity contribution in [3.63, 3.8) is 0 Å². The molecule has 1 spiro atoms. The molecule has 2 bridgehead atoms. The van der Waals surface area contributed by atoms with Crippen molar-refractivity contribution in [1.29, 1.82) is 0 Å². The van der Waals surface area contributed by atoms with E-state index in [0.717, 1.165) is 30.9 Å². The second-order valence-electron chi connectivity index (χ2n) is 8.70. The highest BCUT2D eigenvalue weighted by Crippen LogP contribution is 2.62. The largest absolute Gasteiger partial charge is 0.490 e. The molecule has 1 N–H and O–H groups in total. The Hall–Kier alpha value is -1.52. The molecule has 1 aromatic carbocycles. The molecule has 4 nitrogen and oxygen atoms in total. The Morgan fingerprint density at radius 2 is 2.00 bits per heavy atom. The Labute approximate surface area is 169 Å². The van der Waals surface area contributed by atoms with E-state index in [1.54, 1.807) is 0 Å². The van der Waals surface area contributed by atoms with E-state index < -0.39 is 6.10 Å². The minimum Gasteiger partial charge on any atom is -0.490 e. The van der Waals surface area contributed by atoms with Gasteiger partial charge in [-0.1, -0.05) is 51.3 Å². The van der Waals surface area contributed by atoms with Gasteiger partial charge in [0.1, 0.15) is 12.2 Å². The van der Waals surface area contributed by atoms with Crippen molar-refractivity contribution in [1.82, 2.24) is 4.90 Å². The van der Waals surface area contributed by atoms with Gasteiger partial charge in [0.25, 0.3) is 0 Å². The van der Waals surface area contributed by atoms with Crippen LogP contribution in [0, 0.1) is 5.92 Å². The molecule has 0 amide bonds. The van der Waals surface area contributed by atoms with Crippen molar-refractivity contribution in [3.8, 4) is 11.5 Å². The van der Waals surface area contributed by atoms with Crippen LogP contribution in [0.3, 0.4) is 0 Å². The summed E-state index contributed by atoms with van der Waals surface area (Å²) in [7, 11) is 2.22. The second kappa shape index (κ2) is 7.72. The first-order valence-corrected chi connectivity index (χ1v) is 11.1. The molecule has 1 fully saturated rings. The van der Waals surface area contributed by atoms with Crippen LogP contribution in [-0.2, 0) is 11.8 Å². The van der Waals surface area contributed by atoms with Crippen LogP contribution >= 0.6 is 0 Å². The van der Waals surface area contributed by atoms with Crippen LogP contribution in [0.15, 0.2) is 24.3 Å². The molecule has 28 heavy (non-hydrogen) atoms. The van der Waals surface area contributed by atoms with Crippen molar-refractivity contribution in [3.05, 3.63) is 35.4 Å². The molecule has 0 aromatic heterocycles. The summed E-state index contributed by atoms with van der Waals surface area (Å²) in [6.07, 6.45) is 9.63. The number of ether oxygens (including phenoxy) is 2. The number of aliphatic hydroxyl groups is 1. The second-order valence-corrected chi connectivity index (χ2v) is 8.70. The number of likely N-dealkylation sites (tertiary alicyclic amines) is 1. The maximum absolute atomic E-state index is 10.6. The molecule has 0 radical (unpaired) electrons. The smallest absolute Gasteiger partial charge is 0.165 e. The van der Waals surface area contributed by atoms with E-state index in [4.69, 9.17) is 9.47 Å². The predicted octanol–water partition coefficient (Wildman–Crippen LogP) is 4.09. The number of piperidine rings is 1. The summed E-state index contributed by atoms with van der Waals surface area (Å²) in [5, 5.41) is 10.6. The Balaban J connectivity index is 0.000000346. The van der Waals surface area contributed by atoms with Crippen LogP contribution < -0.4 is 9.47 Å². The zero-order valence-corrected chi connectivity index (χ0v) is 17.8. The first-order valence-electron chi connectivity index (χ1n) is 11.1. The summed E-state index contributed by atoms with van der Waals surface area (Å²) >= 11 is 0. The van der Waals surface area contributed by atoms with Crippen molar-refractivity contribution in [2.45, 2.75) is 76.5 Å². The molecule has 2 aliphatic heterocycles. The van der Waals surface area contributed by atoms with Gasteiger partial charge in [0.15, 0.2) is 11.5 Å². The van der Waals surface area contributed by atoms with Crippen LogP contribution in [0.25, 0.3) is 0 Å². The Bertz CT molecular complexity index is 744. The zero-order chi connectivity index (χ0) is 19.9. The third-order valence-electron chi connectivity index (χ3n) is 7.14. The van der Waals surface area contributed by atoms with Gasteiger partial charge in [-0.25, -0.2) is 0 Å². The van der Waals surface area contributed by atoms with Crippen LogP contribution in [0.2, 0.25) is 0 Å². The first kappa shape index (κ1) is 19.8. The number of aliphatic hydroxyl groups excluding tert-OH is 1. The van der Waals surface area contributed by atoms with E-state index in [-0.39, 0.29) is 11.5 Å². The Morgan fingerprint density at radius 1 is 1.21 bits per heavy atom. The van der Waals surface area contributed by atoms with E-state index in [0.29, 0.717) is 18.6 Å². The van der Waals surface area contributed by atoms with Gasteiger partial charge in [0.05, 0.1) is 6.61 Å². The maximum Gasteiger partial charge on any atom is 0.165 e. The molecule has 5 rings (SSSR count). The van der Waals surface area contributed by atoms with Gasteiger partial charge in [-0.05, 0) is 45.0 Å². The molecule has 4 aliphatic rings. The first-order chi connectivity index (χ1) is 13.6. The average Bonchev–Trinajstić information content (AvgIpc) is 3.04. The van der Waals surface area contributed by atoms with Crippen molar-refractivity contribution < 1.29 is 14.6 Å². The lowest BCUT2D eigenvalue weighted by molar-refractivity contribution is -0.0453. The number of nitrogens with zero attached hydrogens (tertiary/aromatic N) is 1. The number of hydrogen-bond acceptors (Lipinski definition) is 4. The highest BCUT2D eigenvalue weighted by molar-refractivity contribution is 5.62. The van der Waals surface area contributed by atoms with Gasteiger partial charge >= 0.3 is 0 Å². The lowest BCUT2D eigenvalue weighted by Gasteiger charge is -2.56. The number of rotatable bonds is 4. The lowest BCUT2D eigenvalue weighted by Crippen LogP contribution is -2.64. The summed E-state index contributed by atoms with van der Waals surface area (Å²) in [4.78, 5) is 2.48. The molecule has 1 saturated heterocycles. The number of unbranched alkanes of at least 4 members (excludes halogenated alkanes) is 2. The number of likely N-dealkylation sites (N-methyl/N-ethyl adjacent to an activating group) is 1. The number of hydrogen-bond donors (Lipinski definition) is 1. The fourth-order valence-electron chi connectivity index (χ4n) is 5.85. The fourth-order valence-corrected chi connectivity index (χ4v) is 5.85. The normalized spacial score (nSPS) is 34.2. The standard InChI is InChI=1S/C19H23NO3.C5H12/c1-3-22-15-7-4-11-10-13-12-5-6-14(21)18-19(12,8-9-20(13)2)16(11)17(15)23-18;1-3-5-4-2/h4-7,12-14,18,21H,3,8-10H2,1-2H3;3-5H2,1-2H3/t12-,13+,14-,18-,19-;/m0./s1. The predicted molar refractivity (Wildman–Crippen MR) is 112 cm³/mol. The molecule has 1 aromatic rings. The van der Waals surface area contributed by atoms with E-state index in [1.807, 2.05) is 19.1 Å². The summed E-state index contributed by atoms with van der Waals surface area (Å²) in [6.45, 7) is 8.10. The van der Waals surface area contributed by atoms with E-state index in [9.17, 15) is 5.11 Å². The monoisotopic (exact) mass is 385 g/mol. The molecule has 0 saturated carbocycles. The van der Waals surface area contributed by atoms with Gasteiger partial charge in [0, 0.05) is 22.9 Å². The van der Waals surface area contributed by atoms with Crippen molar-refractivity contribution in [2.75, 3.05) is 20.2 Å². The fraction of sp³-hybridized carbons (Fsp3) is 0.667. The summed E-state index contributed by atoms with van der Waals surface area (Å²) < 4.78 is 12.2. The average molecular weight is 386 g/mol. The minimum atomic E-state index is -0.539. The SMILES string of the molecule is CCCCC.CCOc1ccc2c3c1O[C@H]1[C@@H](O)C=C[C@H]4[C@@H](C2)N(C)CC[C@@]341. The van der Waals surface area contributed by atoms with Gasteiger partial charge in [-0.3, -0.25) is 0 Å².